The lowest BCUT2D eigenvalue weighted by atomic mass is 10.1. The van der Waals surface area contributed by atoms with E-state index >= 15 is 0 Å². The molecular formula is C17H19Cl2N3O6. The van der Waals surface area contributed by atoms with E-state index in [0.717, 1.165) is 5.56 Å². The standard InChI is InChI=1S/C17H18Cl2N2O3.HNO3/c1-2-7-22-9-14-10-23-17(24-14,11-21-6-5-20-12-21)15-4-3-13(18)8-16(15)19;2-1(3)4/h2-6,8,12,14H,1,7,9-11H2;(H,2,3,4). The van der Waals surface area contributed by atoms with Crippen molar-refractivity contribution < 1.29 is 24.5 Å². The van der Waals surface area contributed by atoms with Crippen LogP contribution in [-0.4, -0.2) is 45.8 Å². The predicted octanol–water partition coefficient (Wildman–Crippen LogP) is 3.31. The molecule has 2 unspecified atom stereocenters. The van der Waals surface area contributed by atoms with Crippen LogP contribution in [0.2, 0.25) is 10.0 Å². The molecule has 1 aliphatic rings. The van der Waals surface area contributed by atoms with Gasteiger partial charge in [0.15, 0.2) is 0 Å². The Morgan fingerprint density at radius 2 is 2.29 bits per heavy atom. The third-order valence-electron chi connectivity index (χ3n) is 3.69. The second kappa shape index (κ2) is 10.4. The molecule has 0 amide bonds. The molecule has 0 spiro atoms. The Morgan fingerprint density at radius 1 is 1.54 bits per heavy atom. The molecule has 11 heteroatoms. The van der Waals surface area contributed by atoms with Crippen LogP contribution >= 0.6 is 23.2 Å². The predicted molar refractivity (Wildman–Crippen MR) is 101 cm³/mol. The van der Waals surface area contributed by atoms with Crippen molar-refractivity contribution in [2.24, 2.45) is 0 Å². The van der Waals surface area contributed by atoms with E-state index in [9.17, 15) is 0 Å². The number of aromatic nitrogens is 2. The summed E-state index contributed by atoms with van der Waals surface area (Å²) in [6.45, 7) is 5.35. The summed E-state index contributed by atoms with van der Waals surface area (Å²) in [5.74, 6) is -1.01. The van der Waals surface area contributed by atoms with Crippen molar-refractivity contribution in [1.29, 1.82) is 0 Å². The van der Waals surface area contributed by atoms with Crippen molar-refractivity contribution in [2.45, 2.75) is 18.4 Å². The van der Waals surface area contributed by atoms with E-state index in [-0.39, 0.29) is 6.10 Å². The first-order valence-corrected chi connectivity index (χ1v) is 8.87. The van der Waals surface area contributed by atoms with E-state index in [0.29, 0.717) is 36.4 Å². The highest BCUT2D eigenvalue weighted by Gasteiger charge is 2.45. The molecule has 2 heterocycles. The summed E-state index contributed by atoms with van der Waals surface area (Å²) in [6, 6.07) is 5.28. The van der Waals surface area contributed by atoms with E-state index < -0.39 is 10.9 Å². The fraction of sp³-hybridized carbons (Fsp3) is 0.353. The second-order valence-electron chi connectivity index (χ2n) is 5.73. The number of nitrogens with zero attached hydrogens (tertiary/aromatic N) is 3. The number of ether oxygens (including phenoxy) is 3. The summed E-state index contributed by atoms with van der Waals surface area (Å²) in [5, 5.41) is 14.7. The van der Waals surface area contributed by atoms with Crippen molar-refractivity contribution in [3.05, 3.63) is 75.3 Å². The molecule has 1 N–H and O–H groups in total. The first kappa shape index (κ1) is 22.1. The van der Waals surface area contributed by atoms with E-state index in [1.807, 2.05) is 16.8 Å². The minimum absolute atomic E-state index is 0.194. The van der Waals surface area contributed by atoms with Crippen molar-refractivity contribution in [3.8, 4) is 0 Å². The van der Waals surface area contributed by atoms with Gasteiger partial charge in [0.05, 0.1) is 37.7 Å². The minimum atomic E-state index is -1.50. The third-order valence-corrected chi connectivity index (χ3v) is 4.24. The molecule has 2 aromatic rings. The molecule has 3 rings (SSSR count). The zero-order chi connectivity index (χ0) is 20.6. The van der Waals surface area contributed by atoms with Gasteiger partial charge in [-0.3, -0.25) is 0 Å². The van der Waals surface area contributed by atoms with Gasteiger partial charge in [0.25, 0.3) is 5.09 Å². The van der Waals surface area contributed by atoms with Gasteiger partial charge in [0, 0.05) is 23.0 Å². The van der Waals surface area contributed by atoms with Gasteiger partial charge in [-0.05, 0) is 12.1 Å². The molecule has 1 aromatic heterocycles. The molecule has 1 saturated heterocycles. The molecule has 9 nitrogen and oxygen atoms in total. The highest BCUT2D eigenvalue weighted by atomic mass is 35.5. The molecule has 0 aliphatic carbocycles. The maximum Gasteiger partial charge on any atom is 0.291 e. The Labute approximate surface area is 171 Å². The Hall–Kier alpha value is -2.17. The van der Waals surface area contributed by atoms with Crippen LogP contribution in [-0.2, 0) is 26.5 Å². The zero-order valence-electron chi connectivity index (χ0n) is 14.7. The average molecular weight is 432 g/mol. The van der Waals surface area contributed by atoms with E-state index in [1.54, 1.807) is 30.7 Å². The van der Waals surface area contributed by atoms with Crippen LogP contribution in [0.4, 0.5) is 0 Å². The summed E-state index contributed by atoms with van der Waals surface area (Å²) in [5.41, 5.74) is 0.730. The van der Waals surface area contributed by atoms with E-state index in [2.05, 4.69) is 11.6 Å². The SMILES string of the molecule is C=CCOCC1COC(Cn2ccnc2)(c2ccc(Cl)cc2Cl)O1.O=[N+]([O-])O. The minimum Gasteiger partial charge on any atom is -0.375 e. The lowest BCUT2D eigenvalue weighted by Gasteiger charge is -2.30. The maximum atomic E-state index is 8.36. The summed E-state index contributed by atoms with van der Waals surface area (Å²) < 4.78 is 19.6. The van der Waals surface area contributed by atoms with Gasteiger partial charge >= 0.3 is 0 Å². The first-order valence-electron chi connectivity index (χ1n) is 8.11. The van der Waals surface area contributed by atoms with Crippen molar-refractivity contribution in [1.82, 2.24) is 9.55 Å². The van der Waals surface area contributed by atoms with Gasteiger partial charge in [0.2, 0.25) is 5.79 Å². The van der Waals surface area contributed by atoms with Crippen LogP contribution in [0.3, 0.4) is 0 Å². The van der Waals surface area contributed by atoms with Crippen LogP contribution in [0.15, 0.2) is 49.6 Å². The number of hydrogen-bond acceptors (Lipinski definition) is 6. The fourth-order valence-electron chi connectivity index (χ4n) is 2.66. The van der Waals surface area contributed by atoms with Gasteiger partial charge in [0.1, 0.15) is 6.10 Å². The molecule has 0 radical (unpaired) electrons. The number of imidazole rings is 1. The third kappa shape index (κ3) is 6.18. The maximum absolute atomic E-state index is 8.36. The molecular weight excluding hydrogens is 413 g/mol. The lowest BCUT2D eigenvalue weighted by Crippen LogP contribution is -2.34. The summed E-state index contributed by atoms with van der Waals surface area (Å²) in [6.07, 6.45) is 6.77. The molecule has 0 bridgehead atoms. The van der Waals surface area contributed by atoms with Gasteiger partial charge in [-0.1, -0.05) is 35.3 Å². The van der Waals surface area contributed by atoms with Crippen molar-refractivity contribution >= 4 is 23.2 Å². The molecule has 0 saturated carbocycles. The topological polar surface area (TPSA) is 109 Å². The lowest BCUT2D eigenvalue weighted by molar-refractivity contribution is -0.742. The van der Waals surface area contributed by atoms with Gasteiger partial charge in [-0.25, -0.2) is 4.98 Å². The average Bonchev–Trinajstić information content (AvgIpc) is 3.26. The molecule has 152 valence electrons. The Kier molecular flexibility index (Phi) is 8.21. The monoisotopic (exact) mass is 431 g/mol. The molecule has 1 fully saturated rings. The van der Waals surface area contributed by atoms with Crippen LogP contribution in [0.25, 0.3) is 0 Å². The molecule has 1 aliphatic heterocycles. The molecule has 1 aromatic carbocycles. The Balaban J connectivity index is 0.000000640. The van der Waals surface area contributed by atoms with E-state index in [4.69, 9.17) is 52.7 Å². The van der Waals surface area contributed by atoms with Crippen molar-refractivity contribution in [2.75, 3.05) is 19.8 Å². The number of hydrogen-bond donors (Lipinski definition) is 1. The largest absolute Gasteiger partial charge is 0.375 e. The van der Waals surface area contributed by atoms with Crippen LogP contribution in [0.5, 0.6) is 0 Å². The highest BCUT2D eigenvalue weighted by Crippen LogP contribution is 2.40. The van der Waals surface area contributed by atoms with Gasteiger partial charge < -0.3 is 24.0 Å². The summed E-state index contributed by atoms with van der Waals surface area (Å²) >= 11 is 12.4. The summed E-state index contributed by atoms with van der Waals surface area (Å²) in [7, 11) is 0. The quantitative estimate of drug-likeness (QED) is 0.309. The van der Waals surface area contributed by atoms with Crippen LogP contribution in [0.1, 0.15) is 5.56 Å². The second-order valence-corrected chi connectivity index (χ2v) is 6.57. The first-order chi connectivity index (χ1) is 13.4. The Morgan fingerprint density at radius 3 is 2.89 bits per heavy atom. The number of halogens is 2. The van der Waals surface area contributed by atoms with Crippen LogP contribution in [0, 0.1) is 10.1 Å². The Bertz CT molecular complexity index is 785. The molecule has 2 atom stereocenters. The number of benzene rings is 1. The summed E-state index contributed by atoms with van der Waals surface area (Å²) in [4.78, 5) is 12.4. The highest BCUT2D eigenvalue weighted by molar-refractivity contribution is 6.35. The van der Waals surface area contributed by atoms with Gasteiger partial charge in [-0.2, -0.15) is 0 Å². The van der Waals surface area contributed by atoms with Crippen molar-refractivity contribution in [3.63, 3.8) is 0 Å². The zero-order valence-corrected chi connectivity index (χ0v) is 16.3. The van der Waals surface area contributed by atoms with Crippen LogP contribution < -0.4 is 0 Å². The van der Waals surface area contributed by atoms with Gasteiger partial charge in [-0.15, -0.1) is 16.7 Å². The van der Waals surface area contributed by atoms with E-state index in [1.165, 1.54) is 0 Å². The number of rotatable bonds is 7. The normalized spacial score (nSPS) is 21.0. The smallest absolute Gasteiger partial charge is 0.291 e. The molecule has 28 heavy (non-hydrogen) atoms. The fourth-order valence-corrected chi connectivity index (χ4v) is 3.21.